The van der Waals surface area contributed by atoms with Gasteiger partial charge in [0.2, 0.25) is 0 Å². The Morgan fingerprint density at radius 2 is 1.92 bits per heavy atom. The summed E-state index contributed by atoms with van der Waals surface area (Å²) in [4.78, 5) is 17.8. The average molecular weight is 331 g/mol. The van der Waals surface area contributed by atoms with E-state index in [2.05, 4.69) is 10.3 Å². The molecule has 5 nitrogen and oxygen atoms in total. The van der Waals surface area contributed by atoms with Crippen molar-refractivity contribution in [2.24, 2.45) is 0 Å². The predicted molar refractivity (Wildman–Crippen MR) is 90.3 cm³/mol. The van der Waals surface area contributed by atoms with Crippen molar-refractivity contribution in [3.63, 3.8) is 0 Å². The maximum atomic E-state index is 13.5. The van der Waals surface area contributed by atoms with Crippen LogP contribution in [-0.2, 0) is 0 Å². The molecule has 0 aliphatic heterocycles. The number of carbonyl (C=O) groups is 1. The minimum Gasteiger partial charge on any atom is -0.486 e. The first-order valence-electron chi connectivity index (χ1n) is 7.80. The Morgan fingerprint density at radius 3 is 2.58 bits per heavy atom. The Balaban J connectivity index is 1.85. The number of amides is 2. The molecule has 0 radical (unpaired) electrons. The number of carbonyl (C=O) groups excluding carboxylic acids is 1. The van der Waals surface area contributed by atoms with E-state index >= 15 is 0 Å². The van der Waals surface area contributed by atoms with Gasteiger partial charge >= 0.3 is 6.03 Å². The van der Waals surface area contributed by atoms with E-state index in [0.29, 0.717) is 0 Å². The van der Waals surface area contributed by atoms with Crippen LogP contribution in [0.15, 0.2) is 48.8 Å². The van der Waals surface area contributed by atoms with Gasteiger partial charge in [-0.1, -0.05) is 12.1 Å². The number of pyridine rings is 1. The van der Waals surface area contributed by atoms with Crippen molar-refractivity contribution in [3.8, 4) is 5.75 Å². The lowest BCUT2D eigenvalue weighted by molar-refractivity contribution is 0.177. The highest BCUT2D eigenvalue weighted by atomic mass is 19.1. The first kappa shape index (κ1) is 17.7. The first-order chi connectivity index (χ1) is 11.5. The molecule has 0 fully saturated rings. The Morgan fingerprint density at radius 1 is 1.25 bits per heavy atom. The van der Waals surface area contributed by atoms with Gasteiger partial charge in [0, 0.05) is 19.4 Å². The lowest BCUT2D eigenvalue weighted by atomic mass is 10.1. The number of para-hydroxylation sites is 1. The minimum atomic E-state index is -0.417. The standard InChI is InChI=1S/C18H22FN3O2/c1-13(24-17-7-5-4-6-16(17)19)12-21-18(23)22(3)14(2)15-8-10-20-11-9-15/h4-11,13-14H,12H2,1-3H3,(H,21,23)/t13-,14-/m0/s1. The summed E-state index contributed by atoms with van der Waals surface area (Å²) in [5.74, 6) is -0.239. The molecular formula is C18H22FN3O2. The summed E-state index contributed by atoms with van der Waals surface area (Å²) in [6.45, 7) is 3.99. The molecule has 128 valence electrons. The van der Waals surface area contributed by atoms with Crippen molar-refractivity contribution in [1.82, 2.24) is 15.2 Å². The zero-order valence-corrected chi connectivity index (χ0v) is 14.1. The maximum Gasteiger partial charge on any atom is 0.317 e. The smallest absolute Gasteiger partial charge is 0.317 e. The summed E-state index contributed by atoms with van der Waals surface area (Å²) >= 11 is 0. The van der Waals surface area contributed by atoms with E-state index in [1.165, 1.54) is 6.07 Å². The molecule has 0 unspecified atom stereocenters. The molecule has 2 amide bonds. The predicted octanol–water partition coefficient (Wildman–Crippen LogP) is 3.39. The van der Waals surface area contributed by atoms with Crippen molar-refractivity contribution < 1.29 is 13.9 Å². The highest BCUT2D eigenvalue weighted by molar-refractivity contribution is 5.74. The van der Waals surface area contributed by atoms with Crippen LogP contribution in [0.2, 0.25) is 0 Å². The summed E-state index contributed by atoms with van der Waals surface area (Å²) < 4.78 is 19.0. The molecule has 0 bridgehead atoms. The van der Waals surface area contributed by atoms with E-state index in [9.17, 15) is 9.18 Å². The molecule has 1 aromatic heterocycles. The monoisotopic (exact) mass is 331 g/mol. The lowest BCUT2D eigenvalue weighted by Gasteiger charge is -2.26. The molecule has 2 rings (SSSR count). The normalized spacial score (nSPS) is 13.0. The van der Waals surface area contributed by atoms with Crippen molar-refractivity contribution >= 4 is 6.03 Å². The van der Waals surface area contributed by atoms with Gasteiger partial charge in [-0.25, -0.2) is 9.18 Å². The molecule has 1 N–H and O–H groups in total. The average Bonchev–Trinajstić information content (AvgIpc) is 2.61. The molecule has 2 atom stereocenters. The van der Waals surface area contributed by atoms with Crippen LogP contribution >= 0.6 is 0 Å². The fraction of sp³-hybridized carbons (Fsp3) is 0.333. The van der Waals surface area contributed by atoms with E-state index in [-0.39, 0.29) is 30.5 Å². The van der Waals surface area contributed by atoms with Gasteiger partial charge < -0.3 is 15.0 Å². The van der Waals surface area contributed by atoms with E-state index in [0.717, 1.165) is 5.56 Å². The number of nitrogens with one attached hydrogen (secondary N) is 1. The number of benzene rings is 1. The fourth-order valence-corrected chi connectivity index (χ4v) is 2.20. The number of ether oxygens (including phenoxy) is 1. The Bertz CT molecular complexity index is 666. The van der Waals surface area contributed by atoms with Crippen LogP contribution < -0.4 is 10.1 Å². The number of rotatable bonds is 6. The molecular weight excluding hydrogens is 309 g/mol. The number of hydrogen-bond donors (Lipinski definition) is 1. The van der Waals surface area contributed by atoms with Gasteiger partial charge in [0.25, 0.3) is 0 Å². The third-order valence-electron chi connectivity index (χ3n) is 3.80. The summed E-state index contributed by atoms with van der Waals surface area (Å²) in [7, 11) is 1.73. The highest BCUT2D eigenvalue weighted by Gasteiger charge is 2.18. The number of aromatic nitrogens is 1. The van der Waals surface area contributed by atoms with Gasteiger partial charge in [-0.05, 0) is 43.7 Å². The topological polar surface area (TPSA) is 54.5 Å². The molecule has 6 heteroatoms. The number of urea groups is 1. The Labute approximate surface area is 141 Å². The third kappa shape index (κ3) is 4.68. The van der Waals surface area contributed by atoms with Crippen LogP contribution in [0.4, 0.5) is 9.18 Å². The Hall–Kier alpha value is -2.63. The van der Waals surface area contributed by atoms with Crippen molar-refractivity contribution in [1.29, 1.82) is 0 Å². The quantitative estimate of drug-likeness (QED) is 0.883. The molecule has 1 aromatic carbocycles. The summed E-state index contributed by atoms with van der Waals surface area (Å²) in [6, 6.07) is 9.64. The number of halogens is 1. The molecule has 0 saturated heterocycles. The van der Waals surface area contributed by atoms with Crippen molar-refractivity contribution in [2.75, 3.05) is 13.6 Å². The van der Waals surface area contributed by atoms with Gasteiger partial charge in [0.1, 0.15) is 6.10 Å². The molecule has 0 saturated carbocycles. The van der Waals surface area contributed by atoms with E-state index in [4.69, 9.17) is 4.74 Å². The second-order valence-electron chi connectivity index (χ2n) is 5.61. The molecule has 2 aromatic rings. The second-order valence-corrected chi connectivity index (χ2v) is 5.61. The SMILES string of the molecule is C[C@@H](CNC(=O)N(C)[C@@H](C)c1ccncc1)Oc1ccccc1F. The summed E-state index contributed by atoms with van der Waals surface area (Å²) in [6.07, 6.45) is 3.04. The molecule has 0 spiro atoms. The van der Waals surface area contributed by atoms with Gasteiger partial charge in [0.15, 0.2) is 11.6 Å². The van der Waals surface area contributed by atoms with Gasteiger partial charge in [-0.3, -0.25) is 4.98 Å². The van der Waals surface area contributed by atoms with Crippen LogP contribution in [-0.4, -0.2) is 35.6 Å². The zero-order valence-electron chi connectivity index (χ0n) is 14.1. The summed E-state index contributed by atoms with van der Waals surface area (Å²) in [5, 5.41) is 2.80. The van der Waals surface area contributed by atoms with Crippen molar-refractivity contribution in [2.45, 2.75) is 26.0 Å². The van der Waals surface area contributed by atoms with Gasteiger partial charge in [-0.2, -0.15) is 0 Å². The van der Waals surface area contributed by atoms with Crippen LogP contribution in [0.25, 0.3) is 0 Å². The molecule has 1 heterocycles. The molecule has 0 aliphatic rings. The van der Waals surface area contributed by atoms with E-state index in [1.807, 2.05) is 19.1 Å². The molecule has 24 heavy (non-hydrogen) atoms. The zero-order chi connectivity index (χ0) is 17.5. The van der Waals surface area contributed by atoms with E-state index in [1.54, 1.807) is 49.5 Å². The highest BCUT2D eigenvalue weighted by Crippen LogP contribution is 2.18. The fourth-order valence-electron chi connectivity index (χ4n) is 2.20. The number of nitrogens with zero attached hydrogens (tertiary/aromatic N) is 2. The Kier molecular flexibility index (Phi) is 6.12. The summed E-state index contributed by atoms with van der Waals surface area (Å²) in [5.41, 5.74) is 0.998. The number of hydrogen-bond acceptors (Lipinski definition) is 3. The van der Waals surface area contributed by atoms with Crippen LogP contribution in [0, 0.1) is 5.82 Å². The second kappa shape index (κ2) is 8.29. The van der Waals surface area contributed by atoms with Crippen LogP contribution in [0.1, 0.15) is 25.5 Å². The van der Waals surface area contributed by atoms with Gasteiger partial charge in [0.05, 0.1) is 12.6 Å². The van der Waals surface area contributed by atoms with E-state index < -0.39 is 5.82 Å². The van der Waals surface area contributed by atoms with Gasteiger partial charge in [-0.15, -0.1) is 0 Å². The minimum absolute atomic E-state index is 0.0872. The first-order valence-corrected chi connectivity index (χ1v) is 7.80. The van der Waals surface area contributed by atoms with Crippen LogP contribution in [0.3, 0.4) is 0 Å². The lowest BCUT2D eigenvalue weighted by Crippen LogP contribution is -2.42. The maximum absolute atomic E-state index is 13.5. The molecule has 0 aliphatic carbocycles. The van der Waals surface area contributed by atoms with Crippen LogP contribution in [0.5, 0.6) is 5.75 Å². The third-order valence-corrected chi connectivity index (χ3v) is 3.80. The largest absolute Gasteiger partial charge is 0.486 e. The van der Waals surface area contributed by atoms with Crippen molar-refractivity contribution in [3.05, 3.63) is 60.2 Å².